The second kappa shape index (κ2) is 5.40. The Hall–Kier alpha value is -0.430. The monoisotopic (exact) mass is 358 g/mol. The van der Waals surface area contributed by atoms with E-state index in [2.05, 4.69) is 21.2 Å². The molecule has 2 fully saturated rings. The summed E-state index contributed by atoms with van der Waals surface area (Å²) in [7, 11) is -3.39. The molecule has 2 heterocycles. The first kappa shape index (κ1) is 14.5. The molecule has 4 nitrogen and oxygen atoms in total. The minimum absolute atomic E-state index is 0.311. The smallest absolute Gasteiger partial charge is 0.243 e. The summed E-state index contributed by atoms with van der Waals surface area (Å²) in [5.74, 6) is 0. The van der Waals surface area contributed by atoms with Gasteiger partial charge in [0.15, 0.2) is 0 Å². The van der Waals surface area contributed by atoms with E-state index >= 15 is 0 Å². The standard InChI is InChI=1S/C14H19BrN2O2S/c1-10-6-11(15)8-14(7-10)20(18,19)17-5-4-12-2-3-13(9-17)16-12/h6-8,12-13,16H,2-5,9H2,1H3. The van der Waals surface area contributed by atoms with Crippen LogP contribution in [0.2, 0.25) is 0 Å². The van der Waals surface area contributed by atoms with Crippen molar-refractivity contribution in [1.82, 2.24) is 9.62 Å². The fraction of sp³-hybridized carbons (Fsp3) is 0.571. The van der Waals surface area contributed by atoms with Crippen LogP contribution in [0.3, 0.4) is 0 Å². The van der Waals surface area contributed by atoms with Gasteiger partial charge >= 0.3 is 0 Å². The Labute approximate surface area is 128 Å². The predicted octanol–water partition coefficient (Wildman–Crippen LogP) is 2.27. The van der Waals surface area contributed by atoms with Gasteiger partial charge in [-0.1, -0.05) is 15.9 Å². The molecule has 0 saturated carbocycles. The number of halogens is 1. The molecule has 20 heavy (non-hydrogen) atoms. The van der Waals surface area contributed by atoms with Gasteiger partial charge in [0.2, 0.25) is 10.0 Å². The first-order valence-corrected chi connectivity index (χ1v) is 9.22. The number of nitrogens with one attached hydrogen (secondary N) is 1. The van der Waals surface area contributed by atoms with Crippen molar-refractivity contribution in [1.29, 1.82) is 0 Å². The van der Waals surface area contributed by atoms with Crippen molar-refractivity contribution in [3.63, 3.8) is 0 Å². The lowest BCUT2D eigenvalue weighted by molar-refractivity contribution is 0.383. The average molecular weight is 359 g/mol. The number of hydrogen-bond donors (Lipinski definition) is 1. The molecule has 2 bridgehead atoms. The third-order valence-corrected chi connectivity index (χ3v) is 6.44. The highest BCUT2D eigenvalue weighted by Crippen LogP contribution is 2.27. The van der Waals surface area contributed by atoms with E-state index in [1.807, 2.05) is 13.0 Å². The molecule has 1 aromatic carbocycles. The molecule has 0 aromatic heterocycles. The molecule has 0 amide bonds. The molecule has 2 unspecified atom stereocenters. The van der Waals surface area contributed by atoms with Gasteiger partial charge in [0, 0.05) is 29.6 Å². The van der Waals surface area contributed by atoms with Crippen LogP contribution in [0.4, 0.5) is 0 Å². The molecule has 110 valence electrons. The third-order valence-electron chi connectivity index (χ3n) is 4.14. The second-order valence-corrected chi connectivity index (χ2v) is 8.61. The van der Waals surface area contributed by atoms with Crippen LogP contribution in [0, 0.1) is 6.92 Å². The predicted molar refractivity (Wildman–Crippen MR) is 82.2 cm³/mol. The SMILES string of the molecule is Cc1cc(Br)cc(S(=O)(=O)N2CCC3CCC(C2)N3)c1. The minimum atomic E-state index is -3.39. The zero-order valence-electron chi connectivity index (χ0n) is 11.5. The Balaban J connectivity index is 1.91. The van der Waals surface area contributed by atoms with Gasteiger partial charge in [0.05, 0.1) is 4.90 Å². The molecule has 2 saturated heterocycles. The number of fused-ring (bicyclic) bond motifs is 2. The van der Waals surface area contributed by atoms with E-state index in [9.17, 15) is 8.42 Å². The van der Waals surface area contributed by atoms with Crippen molar-refractivity contribution in [2.24, 2.45) is 0 Å². The van der Waals surface area contributed by atoms with Crippen molar-refractivity contribution >= 4 is 26.0 Å². The maximum Gasteiger partial charge on any atom is 0.243 e. The first-order chi connectivity index (χ1) is 9.45. The summed E-state index contributed by atoms with van der Waals surface area (Å²) in [5.41, 5.74) is 0.951. The van der Waals surface area contributed by atoms with E-state index in [1.54, 1.807) is 16.4 Å². The zero-order valence-corrected chi connectivity index (χ0v) is 13.9. The molecule has 0 radical (unpaired) electrons. The van der Waals surface area contributed by atoms with E-state index in [1.165, 1.54) is 6.42 Å². The van der Waals surface area contributed by atoms with E-state index in [-0.39, 0.29) is 0 Å². The number of aryl methyl sites for hydroxylation is 1. The summed E-state index contributed by atoms with van der Waals surface area (Å²) >= 11 is 3.38. The lowest BCUT2D eigenvalue weighted by Crippen LogP contribution is -2.39. The highest BCUT2D eigenvalue weighted by atomic mass is 79.9. The third kappa shape index (κ3) is 2.79. The lowest BCUT2D eigenvalue weighted by atomic mass is 10.1. The lowest BCUT2D eigenvalue weighted by Gasteiger charge is -2.24. The maximum atomic E-state index is 12.8. The van der Waals surface area contributed by atoms with Gasteiger partial charge in [-0.2, -0.15) is 4.31 Å². The van der Waals surface area contributed by atoms with Crippen LogP contribution < -0.4 is 5.32 Å². The first-order valence-electron chi connectivity index (χ1n) is 6.98. The van der Waals surface area contributed by atoms with Crippen molar-refractivity contribution in [3.05, 3.63) is 28.2 Å². The number of benzene rings is 1. The molecule has 6 heteroatoms. The normalized spacial score (nSPS) is 27.5. The second-order valence-electron chi connectivity index (χ2n) is 5.75. The highest BCUT2D eigenvalue weighted by Gasteiger charge is 2.34. The van der Waals surface area contributed by atoms with Gasteiger partial charge in [-0.25, -0.2) is 8.42 Å². The summed E-state index contributed by atoms with van der Waals surface area (Å²) in [6.45, 7) is 3.11. The topological polar surface area (TPSA) is 49.4 Å². The molecule has 3 rings (SSSR count). The van der Waals surface area contributed by atoms with Crippen LogP contribution in [-0.4, -0.2) is 37.9 Å². The molecule has 2 aliphatic heterocycles. The average Bonchev–Trinajstić information content (AvgIpc) is 2.67. The molecule has 2 atom stereocenters. The van der Waals surface area contributed by atoms with Crippen molar-refractivity contribution < 1.29 is 8.42 Å². The Morgan fingerprint density at radius 1 is 1.20 bits per heavy atom. The Morgan fingerprint density at radius 2 is 1.95 bits per heavy atom. The van der Waals surface area contributed by atoms with Crippen LogP contribution in [0.25, 0.3) is 0 Å². The summed E-state index contributed by atoms with van der Waals surface area (Å²) in [6, 6.07) is 6.16. The number of hydrogen-bond acceptors (Lipinski definition) is 3. The Morgan fingerprint density at radius 3 is 2.70 bits per heavy atom. The summed E-state index contributed by atoms with van der Waals surface area (Å²) in [4.78, 5) is 0.391. The van der Waals surface area contributed by atoms with Gasteiger partial charge in [0.25, 0.3) is 0 Å². The number of rotatable bonds is 2. The zero-order chi connectivity index (χ0) is 14.3. The van der Waals surface area contributed by atoms with Gasteiger partial charge in [-0.3, -0.25) is 0 Å². The highest BCUT2D eigenvalue weighted by molar-refractivity contribution is 9.10. The summed E-state index contributed by atoms with van der Waals surface area (Å²) in [5, 5.41) is 3.51. The van der Waals surface area contributed by atoms with Gasteiger partial charge in [0.1, 0.15) is 0 Å². The number of sulfonamides is 1. The van der Waals surface area contributed by atoms with Crippen molar-refractivity contribution in [2.75, 3.05) is 13.1 Å². The van der Waals surface area contributed by atoms with E-state index in [4.69, 9.17) is 0 Å². The Bertz CT molecular complexity index is 597. The van der Waals surface area contributed by atoms with Crippen LogP contribution >= 0.6 is 15.9 Å². The fourth-order valence-corrected chi connectivity index (χ4v) is 5.52. The van der Waals surface area contributed by atoms with E-state index in [0.29, 0.717) is 30.1 Å². The van der Waals surface area contributed by atoms with Gasteiger partial charge in [-0.15, -0.1) is 0 Å². The van der Waals surface area contributed by atoms with Gasteiger partial charge < -0.3 is 5.32 Å². The van der Waals surface area contributed by atoms with Crippen LogP contribution in [0.5, 0.6) is 0 Å². The molecule has 1 N–H and O–H groups in total. The Kier molecular flexibility index (Phi) is 3.92. The maximum absolute atomic E-state index is 12.8. The molecular formula is C14H19BrN2O2S. The van der Waals surface area contributed by atoms with Gasteiger partial charge in [-0.05, 0) is 49.9 Å². The molecule has 0 spiro atoms. The van der Waals surface area contributed by atoms with Crippen molar-refractivity contribution in [2.45, 2.75) is 43.2 Å². The van der Waals surface area contributed by atoms with E-state index < -0.39 is 10.0 Å². The largest absolute Gasteiger partial charge is 0.310 e. The fourth-order valence-electron chi connectivity index (χ4n) is 3.13. The molecular weight excluding hydrogens is 340 g/mol. The van der Waals surface area contributed by atoms with Crippen LogP contribution in [0.15, 0.2) is 27.6 Å². The molecule has 2 aliphatic rings. The molecule has 1 aromatic rings. The van der Waals surface area contributed by atoms with E-state index in [0.717, 1.165) is 22.9 Å². The minimum Gasteiger partial charge on any atom is -0.310 e. The number of nitrogens with zero attached hydrogens (tertiary/aromatic N) is 1. The quantitative estimate of drug-likeness (QED) is 0.882. The molecule has 0 aliphatic carbocycles. The van der Waals surface area contributed by atoms with Crippen LogP contribution in [0.1, 0.15) is 24.8 Å². The summed E-state index contributed by atoms with van der Waals surface area (Å²) in [6.07, 6.45) is 3.16. The van der Waals surface area contributed by atoms with Crippen LogP contribution in [-0.2, 0) is 10.0 Å². The van der Waals surface area contributed by atoms with Crippen molar-refractivity contribution in [3.8, 4) is 0 Å². The summed E-state index contributed by atoms with van der Waals surface area (Å²) < 4.78 is 28.1.